The Labute approximate surface area is 158 Å². The van der Waals surface area contributed by atoms with E-state index in [9.17, 15) is 0 Å². The van der Waals surface area contributed by atoms with Crippen LogP contribution in [0.15, 0.2) is 47.5 Å². The number of guanidine groups is 1. The number of nitrogens with one attached hydrogen (secondary N) is 1. The van der Waals surface area contributed by atoms with Crippen LogP contribution in [0, 0.1) is 6.92 Å². The predicted molar refractivity (Wildman–Crippen MR) is 101 cm³/mol. The predicted octanol–water partition coefficient (Wildman–Crippen LogP) is 4.00. The molecule has 3 rings (SSSR count). The van der Waals surface area contributed by atoms with Crippen LogP contribution in [0.2, 0.25) is 5.02 Å². The molecule has 0 amide bonds. The molecule has 1 aliphatic rings. The standard InChI is InChI=1S/C19H22ClN3O3/c1-3-24-18-9-8-17(10-14(18)2)22-19-21-12-25-26-13-23(19)11-15-4-6-16(20)7-5-15/h4-10H,3,11-13H2,1-2H3,(H,21,22). The van der Waals surface area contributed by atoms with Crippen LogP contribution in [0.3, 0.4) is 0 Å². The third-order valence-electron chi connectivity index (χ3n) is 3.86. The first-order chi connectivity index (χ1) is 12.7. The van der Waals surface area contributed by atoms with Crippen LogP contribution in [-0.2, 0) is 16.3 Å². The number of rotatable bonds is 5. The van der Waals surface area contributed by atoms with E-state index < -0.39 is 0 Å². The highest BCUT2D eigenvalue weighted by Crippen LogP contribution is 2.24. The zero-order valence-corrected chi connectivity index (χ0v) is 15.6. The van der Waals surface area contributed by atoms with E-state index >= 15 is 0 Å². The molecule has 2 aromatic carbocycles. The molecule has 1 saturated heterocycles. The van der Waals surface area contributed by atoms with Crippen LogP contribution in [0.5, 0.6) is 5.75 Å². The fourth-order valence-corrected chi connectivity index (χ4v) is 2.72. The van der Waals surface area contributed by atoms with E-state index in [1.807, 2.05) is 61.2 Å². The lowest BCUT2D eigenvalue weighted by Crippen LogP contribution is -2.39. The van der Waals surface area contributed by atoms with E-state index in [0.29, 0.717) is 24.1 Å². The summed E-state index contributed by atoms with van der Waals surface area (Å²) in [5.74, 6) is 1.55. The van der Waals surface area contributed by atoms with E-state index in [-0.39, 0.29) is 13.5 Å². The Morgan fingerprint density at radius 1 is 1.19 bits per heavy atom. The van der Waals surface area contributed by atoms with Crippen molar-refractivity contribution in [3.05, 3.63) is 58.6 Å². The quantitative estimate of drug-likeness (QED) is 0.800. The van der Waals surface area contributed by atoms with Crippen LogP contribution in [0.25, 0.3) is 0 Å². The number of nitrogens with zero attached hydrogens (tertiary/aromatic N) is 2. The first-order valence-electron chi connectivity index (χ1n) is 8.45. The lowest BCUT2D eigenvalue weighted by Gasteiger charge is -2.22. The van der Waals surface area contributed by atoms with E-state index in [2.05, 4.69) is 5.32 Å². The Bertz CT molecular complexity index is 765. The van der Waals surface area contributed by atoms with E-state index in [4.69, 9.17) is 31.1 Å². The van der Waals surface area contributed by atoms with Gasteiger partial charge in [-0.3, -0.25) is 0 Å². The Hall–Kier alpha value is -2.28. The summed E-state index contributed by atoms with van der Waals surface area (Å²) in [6.45, 7) is 5.73. The minimum atomic E-state index is 0.228. The normalized spacial score (nSPS) is 16.3. The molecular formula is C19H22ClN3O3. The second kappa shape index (κ2) is 8.89. The van der Waals surface area contributed by atoms with Gasteiger partial charge in [0.25, 0.3) is 0 Å². The monoisotopic (exact) mass is 375 g/mol. The summed E-state index contributed by atoms with van der Waals surface area (Å²) in [5.41, 5.74) is 2.97. The molecule has 6 nitrogen and oxygen atoms in total. The Balaban J connectivity index is 1.82. The van der Waals surface area contributed by atoms with Crippen molar-refractivity contribution in [2.24, 2.45) is 4.99 Å². The minimum absolute atomic E-state index is 0.228. The second-order valence-corrected chi connectivity index (χ2v) is 6.26. The van der Waals surface area contributed by atoms with Gasteiger partial charge in [0.05, 0.1) is 12.3 Å². The maximum atomic E-state index is 5.96. The average molecular weight is 376 g/mol. The molecule has 0 saturated carbocycles. The third-order valence-corrected chi connectivity index (χ3v) is 4.11. The molecule has 1 fully saturated rings. The van der Waals surface area contributed by atoms with Crippen LogP contribution in [0.4, 0.5) is 5.69 Å². The maximum absolute atomic E-state index is 5.96. The van der Waals surface area contributed by atoms with Crippen LogP contribution >= 0.6 is 11.6 Å². The van der Waals surface area contributed by atoms with Crippen molar-refractivity contribution < 1.29 is 14.5 Å². The molecule has 2 aromatic rings. The van der Waals surface area contributed by atoms with Gasteiger partial charge in [-0.1, -0.05) is 23.7 Å². The van der Waals surface area contributed by atoms with Gasteiger partial charge in [0.1, 0.15) is 5.75 Å². The summed E-state index contributed by atoms with van der Waals surface area (Å²) in [6, 6.07) is 13.6. The van der Waals surface area contributed by atoms with Gasteiger partial charge < -0.3 is 15.0 Å². The summed E-state index contributed by atoms with van der Waals surface area (Å²) >= 11 is 5.96. The summed E-state index contributed by atoms with van der Waals surface area (Å²) in [5, 5.41) is 3.85. The first kappa shape index (κ1) is 18.5. The fourth-order valence-electron chi connectivity index (χ4n) is 2.59. The number of benzene rings is 2. The van der Waals surface area contributed by atoms with Gasteiger partial charge in [-0.15, -0.1) is 0 Å². The highest BCUT2D eigenvalue weighted by molar-refractivity contribution is 6.30. The highest BCUT2D eigenvalue weighted by Gasteiger charge is 2.16. The Morgan fingerprint density at radius 3 is 2.73 bits per heavy atom. The van der Waals surface area contributed by atoms with Gasteiger partial charge in [0.2, 0.25) is 5.96 Å². The zero-order valence-electron chi connectivity index (χ0n) is 14.9. The van der Waals surface area contributed by atoms with Crippen molar-refractivity contribution in [2.45, 2.75) is 20.4 Å². The smallest absolute Gasteiger partial charge is 0.203 e. The zero-order chi connectivity index (χ0) is 18.4. The fraction of sp³-hybridized carbons (Fsp3) is 0.316. The molecule has 0 radical (unpaired) electrons. The largest absolute Gasteiger partial charge is 0.494 e. The molecule has 0 bridgehead atoms. The molecule has 1 heterocycles. The molecule has 7 heteroatoms. The lowest BCUT2D eigenvalue weighted by atomic mass is 10.2. The Kier molecular flexibility index (Phi) is 6.33. The molecule has 1 aliphatic heterocycles. The van der Waals surface area contributed by atoms with Crippen LogP contribution in [-0.4, -0.2) is 30.9 Å². The summed E-state index contributed by atoms with van der Waals surface area (Å²) < 4.78 is 5.59. The van der Waals surface area contributed by atoms with Crippen molar-refractivity contribution in [2.75, 3.05) is 20.1 Å². The summed E-state index contributed by atoms with van der Waals surface area (Å²) in [7, 11) is 0. The number of hydrogen-bond acceptors (Lipinski definition) is 4. The number of aliphatic imine (C=N–C) groups is 1. The van der Waals surface area contributed by atoms with Gasteiger partial charge in [-0.2, -0.15) is 0 Å². The van der Waals surface area contributed by atoms with Crippen molar-refractivity contribution in [3.63, 3.8) is 0 Å². The van der Waals surface area contributed by atoms with Crippen LogP contribution < -0.4 is 10.1 Å². The van der Waals surface area contributed by atoms with Crippen molar-refractivity contribution in [1.29, 1.82) is 0 Å². The topological polar surface area (TPSA) is 55.3 Å². The second-order valence-electron chi connectivity index (χ2n) is 5.83. The molecule has 0 spiro atoms. The molecular weight excluding hydrogens is 354 g/mol. The Morgan fingerprint density at radius 2 is 2.00 bits per heavy atom. The molecule has 0 unspecified atom stereocenters. The first-order valence-corrected chi connectivity index (χ1v) is 8.83. The van der Waals surface area contributed by atoms with Gasteiger partial charge in [-0.25, -0.2) is 14.8 Å². The third kappa shape index (κ3) is 4.88. The molecule has 0 aromatic heterocycles. The lowest BCUT2D eigenvalue weighted by molar-refractivity contribution is -0.305. The molecule has 1 N–H and O–H groups in total. The summed E-state index contributed by atoms with van der Waals surface area (Å²) in [4.78, 5) is 16.9. The number of hydrogen-bond donors (Lipinski definition) is 1. The van der Waals surface area contributed by atoms with Crippen molar-refractivity contribution in [1.82, 2.24) is 10.2 Å². The van der Waals surface area contributed by atoms with Crippen molar-refractivity contribution >= 4 is 23.2 Å². The maximum Gasteiger partial charge on any atom is 0.203 e. The SMILES string of the molecule is CCOc1ccc(/N=C2\NCOOCN2Cc2ccc(Cl)cc2)cc1C. The minimum Gasteiger partial charge on any atom is -0.494 e. The highest BCUT2D eigenvalue weighted by atomic mass is 35.5. The van der Waals surface area contributed by atoms with Gasteiger partial charge in [0, 0.05) is 11.6 Å². The van der Waals surface area contributed by atoms with Gasteiger partial charge in [0.15, 0.2) is 13.5 Å². The van der Waals surface area contributed by atoms with Gasteiger partial charge >= 0.3 is 0 Å². The summed E-state index contributed by atoms with van der Waals surface area (Å²) in [6.07, 6.45) is 0. The van der Waals surface area contributed by atoms with E-state index in [0.717, 1.165) is 22.6 Å². The molecule has 0 atom stereocenters. The number of ether oxygens (including phenoxy) is 1. The van der Waals surface area contributed by atoms with Crippen LogP contribution in [0.1, 0.15) is 18.1 Å². The van der Waals surface area contributed by atoms with Crippen molar-refractivity contribution in [3.8, 4) is 5.75 Å². The van der Waals surface area contributed by atoms with E-state index in [1.165, 1.54) is 0 Å². The number of aryl methyl sites for hydroxylation is 1. The average Bonchev–Trinajstić information content (AvgIpc) is 2.85. The molecule has 26 heavy (non-hydrogen) atoms. The molecule has 0 aliphatic carbocycles. The van der Waals surface area contributed by atoms with E-state index in [1.54, 1.807) is 0 Å². The number of halogens is 1. The molecule has 138 valence electrons. The van der Waals surface area contributed by atoms with Gasteiger partial charge in [-0.05, 0) is 55.3 Å².